The van der Waals surface area contributed by atoms with Gasteiger partial charge in [0.15, 0.2) is 0 Å². The van der Waals surface area contributed by atoms with Gasteiger partial charge < -0.3 is 10.6 Å². The van der Waals surface area contributed by atoms with E-state index >= 15 is 0 Å². The number of urea groups is 1. The van der Waals surface area contributed by atoms with Crippen LogP contribution in [0.3, 0.4) is 0 Å². The SMILES string of the molecule is CC(C)NC(=O)NCC1CCN(S(C)(=O)=O)CC1. The van der Waals surface area contributed by atoms with E-state index in [1.54, 1.807) is 0 Å². The standard InChI is InChI=1S/C11H23N3O3S/c1-9(2)13-11(15)12-8-10-4-6-14(7-5-10)18(3,16)17/h9-10H,4-8H2,1-3H3,(H2,12,13,15). The van der Waals surface area contributed by atoms with E-state index in [-0.39, 0.29) is 12.1 Å². The van der Waals surface area contributed by atoms with E-state index in [1.807, 2.05) is 13.8 Å². The number of nitrogens with one attached hydrogen (secondary N) is 2. The molecule has 18 heavy (non-hydrogen) atoms. The molecule has 0 atom stereocenters. The van der Waals surface area contributed by atoms with E-state index in [2.05, 4.69) is 10.6 Å². The number of carbonyl (C=O) groups is 1. The zero-order chi connectivity index (χ0) is 13.8. The molecule has 2 N–H and O–H groups in total. The Morgan fingerprint density at radius 3 is 2.33 bits per heavy atom. The summed E-state index contributed by atoms with van der Waals surface area (Å²) in [7, 11) is -3.06. The summed E-state index contributed by atoms with van der Waals surface area (Å²) < 4.78 is 24.2. The van der Waals surface area contributed by atoms with Gasteiger partial charge in [-0.15, -0.1) is 0 Å². The van der Waals surface area contributed by atoms with E-state index in [4.69, 9.17) is 0 Å². The van der Waals surface area contributed by atoms with Crippen LogP contribution >= 0.6 is 0 Å². The molecule has 0 saturated carbocycles. The summed E-state index contributed by atoms with van der Waals surface area (Å²) in [4.78, 5) is 11.4. The molecule has 7 heteroatoms. The van der Waals surface area contributed by atoms with Crippen molar-refractivity contribution < 1.29 is 13.2 Å². The summed E-state index contributed by atoms with van der Waals surface area (Å²) in [6.45, 7) is 5.53. The number of sulfonamides is 1. The zero-order valence-corrected chi connectivity index (χ0v) is 12.1. The Balaban J connectivity index is 2.26. The van der Waals surface area contributed by atoms with Gasteiger partial charge in [-0.1, -0.05) is 0 Å². The quantitative estimate of drug-likeness (QED) is 0.779. The Hall–Kier alpha value is -0.820. The molecule has 1 rings (SSSR count). The fourth-order valence-corrected chi connectivity index (χ4v) is 2.87. The smallest absolute Gasteiger partial charge is 0.314 e. The molecule has 0 bridgehead atoms. The topological polar surface area (TPSA) is 78.5 Å². The second-order valence-corrected chi connectivity index (χ2v) is 7.10. The van der Waals surface area contributed by atoms with Crippen molar-refractivity contribution >= 4 is 16.1 Å². The zero-order valence-electron chi connectivity index (χ0n) is 11.3. The number of piperidine rings is 1. The van der Waals surface area contributed by atoms with Crippen molar-refractivity contribution in [3.63, 3.8) is 0 Å². The van der Waals surface area contributed by atoms with E-state index < -0.39 is 10.0 Å². The van der Waals surface area contributed by atoms with Crippen molar-refractivity contribution in [1.82, 2.24) is 14.9 Å². The molecule has 6 nitrogen and oxygen atoms in total. The van der Waals surface area contributed by atoms with Crippen LogP contribution in [0.4, 0.5) is 4.79 Å². The third kappa shape index (κ3) is 5.22. The lowest BCUT2D eigenvalue weighted by atomic mass is 9.98. The van der Waals surface area contributed by atoms with Crippen LogP contribution in [0.1, 0.15) is 26.7 Å². The van der Waals surface area contributed by atoms with Crippen molar-refractivity contribution in [2.45, 2.75) is 32.7 Å². The van der Waals surface area contributed by atoms with Gasteiger partial charge >= 0.3 is 6.03 Å². The van der Waals surface area contributed by atoms with Gasteiger partial charge in [-0.05, 0) is 32.6 Å². The molecule has 1 fully saturated rings. The highest BCUT2D eigenvalue weighted by Crippen LogP contribution is 2.18. The van der Waals surface area contributed by atoms with Crippen LogP contribution in [-0.4, -0.2) is 50.7 Å². The predicted octanol–water partition coefficient (Wildman–Crippen LogP) is 0.366. The first kappa shape index (κ1) is 15.2. The normalized spacial score (nSPS) is 18.9. The minimum Gasteiger partial charge on any atom is -0.338 e. The monoisotopic (exact) mass is 277 g/mol. The van der Waals surface area contributed by atoms with Crippen LogP contribution in [0.2, 0.25) is 0 Å². The van der Waals surface area contributed by atoms with Gasteiger partial charge in [0.2, 0.25) is 10.0 Å². The summed E-state index contributed by atoms with van der Waals surface area (Å²) in [5, 5.41) is 5.58. The van der Waals surface area contributed by atoms with E-state index in [0.717, 1.165) is 12.8 Å². The Bertz CT molecular complexity index is 373. The summed E-state index contributed by atoms with van der Waals surface area (Å²) in [5.74, 6) is 0.362. The largest absolute Gasteiger partial charge is 0.338 e. The van der Waals surface area contributed by atoms with Crippen LogP contribution in [0.15, 0.2) is 0 Å². The van der Waals surface area contributed by atoms with Crippen LogP contribution < -0.4 is 10.6 Å². The molecule has 0 aromatic carbocycles. The van der Waals surface area contributed by atoms with Gasteiger partial charge in [-0.3, -0.25) is 0 Å². The minimum atomic E-state index is -3.06. The number of carbonyl (C=O) groups excluding carboxylic acids is 1. The van der Waals surface area contributed by atoms with E-state index in [1.165, 1.54) is 10.6 Å². The summed E-state index contributed by atoms with van der Waals surface area (Å²) in [6.07, 6.45) is 2.84. The maximum Gasteiger partial charge on any atom is 0.314 e. The molecule has 0 spiro atoms. The van der Waals surface area contributed by atoms with Gasteiger partial charge in [-0.25, -0.2) is 17.5 Å². The molecule has 0 aromatic rings. The average Bonchev–Trinajstić information content (AvgIpc) is 2.25. The fourth-order valence-electron chi connectivity index (χ4n) is 2.00. The lowest BCUT2D eigenvalue weighted by molar-refractivity contribution is 0.229. The first-order chi connectivity index (χ1) is 8.29. The second kappa shape index (κ2) is 6.38. The molecular formula is C11H23N3O3S. The number of hydrogen-bond acceptors (Lipinski definition) is 3. The van der Waals surface area contributed by atoms with Crippen LogP contribution in [0.5, 0.6) is 0 Å². The van der Waals surface area contributed by atoms with Crippen LogP contribution in [0, 0.1) is 5.92 Å². The molecule has 106 valence electrons. The van der Waals surface area contributed by atoms with Gasteiger partial charge in [0.1, 0.15) is 0 Å². The Morgan fingerprint density at radius 2 is 1.89 bits per heavy atom. The predicted molar refractivity (Wildman–Crippen MR) is 70.8 cm³/mol. The molecule has 1 aliphatic rings. The average molecular weight is 277 g/mol. The third-order valence-corrected chi connectivity index (χ3v) is 4.32. The Morgan fingerprint density at radius 1 is 1.33 bits per heavy atom. The van der Waals surface area contributed by atoms with Crippen molar-refractivity contribution in [1.29, 1.82) is 0 Å². The first-order valence-electron chi connectivity index (χ1n) is 6.28. The Labute approximate surface area is 109 Å². The number of amides is 2. The van der Waals surface area contributed by atoms with Crippen molar-refractivity contribution in [3.8, 4) is 0 Å². The van der Waals surface area contributed by atoms with Gasteiger partial charge in [-0.2, -0.15) is 0 Å². The van der Waals surface area contributed by atoms with E-state index in [0.29, 0.717) is 25.6 Å². The van der Waals surface area contributed by atoms with E-state index in [9.17, 15) is 13.2 Å². The molecule has 2 amide bonds. The van der Waals surface area contributed by atoms with Crippen LogP contribution in [-0.2, 0) is 10.0 Å². The Kier molecular flexibility index (Phi) is 5.40. The van der Waals surface area contributed by atoms with Gasteiger partial charge in [0.05, 0.1) is 6.26 Å². The van der Waals surface area contributed by atoms with Crippen molar-refractivity contribution in [2.75, 3.05) is 25.9 Å². The molecule has 0 aromatic heterocycles. The highest BCUT2D eigenvalue weighted by atomic mass is 32.2. The molecule has 0 aliphatic carbocycles. The highest BCUT2D eigenvalue weighted by molar-refractivity contribution is 7.88. The molecule has 1 heterocycles. The molecule has 1 saturated heterocycles. The number of hydrogen-bond donors (Lipinski definition) is 2. The molecule has 1 aliphatic heterocycles. The van der Waals surface area contributed by atoms with Crippen LogP contribution in [0.25, 0.3) is 0 Å². The molecular weight excluding hydrogens is 254 g/mol. The van der Waals surface area contributed by atoms with Gasteiger partial charge in [0.25, 0.3) is 0 Å². The lowest BCUT2D eigenvalue weighted by Gasteiger charge is -2.30. The highest BCUT2D eigenvalue weighted by Gasteiger charge is 2.24. The minimum absolute atomic E-state index is 0.122. The number of nitrogens with zero attached hydrogens (tertiary/aromatic N) is 1. The lowest BCUT2D eigenvalue weighted by Crippen LogP contribution is -2.44. The summed E-state index contributed by atoms with van der Waals surface area (Å²) in [5.41, 5.74) is 0. The second-order valence-electron chi connectivity index (χ2n) is 5.11. The first-order valence-corrected chi connectivity index (χ1v) is 8.13. The molecule has 0 unspecified atom stereocenters. The van der Waals surface area contributed by atoms with Gasteiger partial charge in [0, 0.05) is 25.7 Å². The summed E-state index contributed by atoms with van der Waals surface area (Å²) in [6, 6.07) is -0.0346. The number of rotatable bonds is 4. The maximum atomic E-state index is 11.4. The molecule has 0 radical (unpaired) electrons. The van der Waals surface area contributed by atoms with Crippen molar-refractivity contribution in [2.24, 2.45) is 5.92 Å². The van der Waals surface area contributed by atoms with Crippen molar-refractivity contribution in [3.05, 3.63) is 0 Å². The maximum absolute atomic E-state index is 11.4. The third-order valence-electron chi connectivity index (χ3n) is 3.01. The summed E-state index contributed by atoms with van der Waals surface area (Å²) >= 11 is 0. The fraction of sp³-hybridized carbons (Fsp3) is 0.909.